The van der Waals surface area contributed by atoms with Gasteiger partial charge in [-0.25, -0.2) is 0 Å². The molecule has 1 aromatic carbocycles. The molecule has 0 saturated carbocycles. The lowest BCUT2D eigenvalue weighted by Crippen LogP contribution is -2.29. The third-order valence-electron chi connectivity index (χ3n) is 3.91. The number of amides is 1. The summed E-state index contributed by atoms with van der Waals surface area (Å²) in [5.74, 6) is 1.73. The monoisotopic (exact) mass is 449 g/mol. The average Bonchev–Trinajstić information content (AvgIpc) is 3.36. The molecule has 0 radical (unpaired) electrons. The van der Waals surface area contributed by atoms with Gasteiger partial charge in [0.15, 0.2) is 11.5 Å². The molecule has 27 heavy (non-hydrogen) atoms. The lowest BCUT2D eigenvalue weighted by molar-refractivity contribution is 0.0719. The highest BCUT2D eigenvalue weighted by molar-refractivity contribution is 9.10. The first-order valence-electron chi connectivity index (χ1n) is 8.46. The van der Waals surface area contributed by atoms with Crippen molar-refractivity contribution in [1.29, 1.82) is 0 Å². The smallest absolute Gasteiger partial charge is 0.254 e. The van der Waals surface area contributed by atoms with Gasteiger partial charge in [0.05, 0.1) is 37.5 Å². The Morgan fingerprint density at radius 3 is 2.74 bits per heavy atom. The molecule has 2 aromatic heterocycles. The number of methoxy groups -OCH3 is 1. The molecule has 0 spiro atoms. The van der Waals surface area contributed by atoms with Gasteiger partial charge < -0.3 is 18.8 Å². The zero-order valence-corrected chi connectivity index (χ0v) is 17.5. The summed E-state index contributed by atoms with van der Waals surface area (Å²) in [5.41, 5.74) is 0.519. The first kappa shape index (κ1) is 19.5. The van der Waals surface area contributed by atoms with Crippen molar-refractivity contribution in [1.82, 2.24) is 4.90 Å². The Labute approximate surface area is 170 Å². The normalized spacial score (nSPS) is 10.6. The van der Waals surface area contributed by atoms with Gasteiger partial charge in [-0.05, 0) is 58.6 Å². The third kappa shape index (κ3) is 4.73. The van der Waals surface area contributed by atoms with Crippen molar-refractivity contribution in [2.75, 3.05) is 13.7 Å². The maximum atomic E-state index is 13.3. The molecule has 0 unspecified atom stereocenters. The van der Waals surface area contributed by atoms with E-state index in [0.717, 1.165) is 10.6 Å². The van der Waals surface area contributed by atoms with E-state index in [1.807, 2.05) is 36.6 Å². The summed E-state index contributed by atoms with van der Waals surface area (Å²) in [7, 11) is 1.56. The van der Waals surface area contributed by atoms with Crippen LogP contribution in [0, 0.1) is 0 Å². The summed E-state index contributed by atoms with van der Waals surface area (Å²) < 4.78 is 17.2. The molecule has 0 saturated heterocycles. The number of thiophene rings is 1. The zero-order chi connectivity index (χ0) is 19.2. The number of ether oxygens (including phenoxy) is 2. The highest BCUT2D eigenvalue weighted by Crippen LogP contribution is 2.37. The van der Waals surface area contributed by atoms with Crippen LogP contribution in [0.5, 0.6) is 11.5 Å². The molecule has 0 fully saturated rings. The minimum atomic E-state index is -0.109. The second kappa shape index (κ2) is 9.10. The number of hydrogen-bond acceptors (Lipinski definition) is 5. The molecular formula is C20H20BrNO4S. The van der Waals surface area contributed by atoms with Crippen LogP contribution < -0.4 is 9.47 Å². The fourth-order valence-corrected chi connectivity index (χ4v) is 3.97. The summed E-state index contributed by atoms with van der Waals surface area (Å²) >= 11 is 5.10. The lowest BCUT2D eigenvalue weighted by atomic mass is 10.1. The SMILES string of the molecule is CCOc1c(Br)cc(C(=O)N(Cc2ccco2)Cc2cccs2)cc1OC. The maximum Gasteiger partial charge on any atom is 0.254 e. The van der Waals surface area contributed by atoms with Crippen LogP contribution in [0.1, 0.15) is 27.9 Å². The van der Waals surface area contributed by atoms with Gasteiger partial charge in [0.1, 0.15) is 5.76 Å². The number of rotatable bonds is 8. The summed E-state index contributed by atoms with van der Waals surface area (Å²) in [4.78, 5) is 16.1. The standard InChI is InChI=1S/C20H20BrNO4S/c1-3-25-19-17(21)10-14(11-18(19)24-2)20(23)22(12-15-6-4-8-26-15)13-16-7-5-9-27-16/h4-11H,3,12-13H2,1-2H3. The number of carbonyl (C=O) groups excluding carboxylic acids is 1. The average molecular weight is 450 g/mol. The predicted molar refractivity (Wildman–Crippen MR) is 108 cm³/mol. The van der Waals surface area contributed by atoms with Gasteiger partial charge >= 0.3 is 0 Å². The molecular weight excluding hydrogens is 430 g/mol. The molecule has 7 heteroatoms. The van der Waals surface area contributed by atoms with Crippen molar-refractivity contribution in [2.45, 2.75) is 20.0 Å². The molecule has 2 heterocycles. The molecule has 0 aliphatic heterocycles. The van der Waals surface area contributed by atoms with Crippen LogP contribution in [-0.4, -0.2) is 24.5 Å². The quantitative estimate of drug-likeness (QED) is 0.464. The fourth-order valence-electron chi connectivity index (χ4n) is 2.69. The van der Waals surface area contributed by atoms with Crippen LogP contribution in [0.4, 0.5) is 0 Å². The van der Waals surface area contributed by atoms with Crippen molar-refractivity contribution in [3.05, 3.63) is 68.7 Å². The predicted octanol–water partition coefficient (Wildman–Crippen LogP) is 5.35. The largest absolute Gasteiger partial charge is 0.493 e. The van der Waals surface area contributed by atoms with E-state index in [1.165, 1.54) is 0 Å². The van der Waals surface area contributed by atoms with E-state index in [2.05, 4.69) is 15.9 Å². The zero-order valence-electron chi connectivity index (χ0n) is 15.1. The summed E-state index contributed by atoms with van der Waals surface area (Å²) in [5, 5.41) is 2.00. The van der Waals surface area contributed by atoms with Crippen LogP contribution in [0.15, 0.2) is 56.9 Å². The van der Waals surface area contributed by atoms with Gasteiger partial charge in [-0.2, -0.15) is 0 Å². The van der Waals surface area contributed by atoms with Crippen LogP contribution in [0.2, 0.25) is 0 Å². The topological polar surface area (TPSA) is 51.9 Å². The number of hydrogen-bond donors (Lipinski definition) is 0. The van der Waals surface area contributed by atoms with E-state index >= 15 is 0 Å². The summed E-state index contributed by atoms with van der Waals surface area (Å²) in [6.07, 6.45) is 1.61. The van der Waals surface area contributed by atoms with Crippen molar-refractivity contribution in [3.63, 3.8) is 0 Å². The minimum absolute atomic E-state index is 0.109. The number of nitrogens with zero attached hydrogens (tertiary/aromatic N) is 1. The van der Waals surface area contributed by atoms with Gasteiger partial charge in [-0.1, -0.05) is 6.07 Å². The van der Waals surface area contributed by atoms with E-state index in [-0.39, 0.29) is 5.91 Å². The first-order valence-corrected chi connectivity index (χ1v) is 10.1. The highest BCUT2D eigenvalue weighted by atomic mass is 79.9. The minimum Gasteiger partial charge on any atom is -0.493 e. The molecule has 142 valence electrons. The Hall–Kier alpha value is -2.25. The number of furan rings is 1. The van der Waals surface area contributed by atoms with Gasteiger partial charge in [0.2, 0.25) is 0 Å². The van der Waals surface area contributed by atoms with Crippen LogP contribution in [0.3, 0.4) is 0 Å². The molecule has 0 bridgehead atoms. The number of halogens is 1. The fraction of sp³-hybridized carbons (Fsp3) is 0.250. The first-order chi connectivity index (χ1) is 13.1. The Balaban J connectivity index is 1.91. The van der Waals surface area contributed by atoms with Crippen LogP contribution in [-0.2, 0) is 13.1 Å². The molecule has 3 rings (SSSR count). The van der Waals surface area contributed by atoms with Crippen molar-refractivity contribution >= 4 is 33.2 Å². The summed E-state index contributed by atoms with van der Waals surface area (Å²) in [6.45, 7) is 3.30. The van der Waals surface area contributed by atoms with Crippen molar-refractivity contribution in [3.8, 4) is 11.5 Å². The number of benzene rings is 1. The molecule has 0 aliphatic carbocycles. The van der Waals surface area contributed by atoms with Gasteiger partial charge in [-0.3, -0.25) is 4.79 Å². The molecule has 3 aromatic rings. The van der Waals surface area contributed by atoms with Crippen molar-refractivity contribution in [2.24, 2.45) is 0 Å². The van der Waals surface area contributed by atoms with E-state index < -0.39 is 0 Å². The maximum absolute atomic E-state index is 13.3. The second-order valence-corrected chi connectivity index (χ2v) is 7.63. The highest BCUT2D eigenvalue weighted by Gasteiger charge is 2.22. The van der Waals surface area contributed by atoms with Crippen LogP contribution in [0.25, 0.3) is 0 Å². The molecule has 0 N–H and O–H groups in total. The van der Waals surface area contributed by atoms with E-state index in [4.69, 9.17) is 13.9 Å². The van der Waals surface area contributed by atoms with Gasteiger partial charge in [0.25, 0.3) is 5.91 Å². The van der Waals surface area contributed by atoms with Gasteiger partial charge in [-0.15, -0.1) is 11.3 Å². The second-order valence-electron chi connectivity index (χ2n) is 5.74. The molecule has 0 aliphatic rings. The molecule has 1 amide bonds. The van der Waals surface area contributed by atoms with E-state index in [1.54, 1.807) is 41.7 Å². The Kier molecular flexibility index (Phi) is 6.58. The number of carbonyl (C=O) groups is 1. The Morgan fingerprint density at radius 1 is 1.26 bits per heavy atom. The van der Waals surface area contributed by atoms with Crippen LogP contribution >= 0.6 is 27.3 Å². The van der Waals surface area contributed by atoms with Crippen molar-refractivity contribution < 1.29 is 18.7 Å². The van der Waals surface area contributed by atoms with Gasteiger partial charge in [0, 0.05) is 10.4 Å². The summed E-state index contributed by atoms with van der Waals surface area (Å²) in [6, 6.07) is 11.2. The van der Waals surface area contributed by atoms with E-state index in [0.29, 0.717) is 41.2 Å². The molecule has 5 nitrogen and oxygen atoms in total. The molecule has 0 atom stereocenters. The van der Waals surface area contributed by atoms with E-state index in [9.17, 15) is 4.79 Å². The Morgan fingerprint density at radius 2 is 2.11 bits per heavy atom. The third-order valence-corrected chi connectivity index (χ3v) is 5.36. The Bertz CT molecular complexity index is 842. The lowest BCUT2D eigenvalue weighted by Gasteiger charge is -2.22.